The fourth-order valence-corrected chi connectivity index (χ4v) is 5.41. The van der Waals surface area contributed by atoms with Crippen LogP contribution in [0.1, 0.15) is 37.7 Å². The molecule has 1 aliphatic carbocycles. The first-order valence-electron chi connectivity index (χ1n) is 11.8. The second kappa shape index (κ2) is 9.29. The Morgan fingerprint density at radius 3 is 2.84 bits per heavy atom. The number of piperidine rings is 1. The van der Waals surface area contributed by atoms with Crippen molar-refractivity contribution < 1.29 is 13.9 Å². The predicted molar refractivity (Wildman–Crippen MR) is 119 cm³/mol. The molecule has 3 aliphatic rings. The first-order valence-corrected chi connectivity index (χ1v) is 11.8. The van der Waals surface area contributed by atoms with E-state index in [9.17, 15) is 9.18 Å². The number of nitrogens with two attached hydrogens (primary N) is 1. The van der Waals surface area contributed by atoms with Crippen molar-refractivity contribution in [1.82, 2.24) is 20.4 Å². The van der Waals surface area contributed by atoms with E-state index < -0.39 is 6.17 Å². The SMILES string of the molecule is N[C@H](Cc1ccc(-c2cnn(CC3CCOCC3)c2)cc1F)NC(=O)[C@H]1N[C@@H]2CC[C@H]1C2. The second-order valence-electron chi connectivity index (χ2n) is 9.55. The van der Waals surface area contributed by atoms with Gasteiger partial charge in [0, 0.05) is 44.0 Å². The molecule has 5 rings (SSSR count). The van der Waals surface area contributed by atoms with Gasteiger partial charge in [-0.3, -0.25) is 9.48 Å². The predicted octanol–water partition coefficient (Wildman–Crippen LogP) is 2.20. The number of carbonyl (C=O) groups excluding carboxylic acids is 1. The molecule has 3 heterocycles. The Bertz CT molecular complexity index is 958. The average molecular weight is 442 g/mol. The molecule has 2 bridgehead atoms. The highest BCUT2D eigenvalue weighted by molar-refractivity contribution is 5.83. The maximum absolute atomic E-state index is 14.8. The first kappa shape index (κ1) is 21.6. The van der Waals surface area contributed by atoms with E-state index in [0.717, 1.165) is 63.0 Å². The van der Waals surface area contributed by atoms with Crippen LogP contribution in [0.5, 0.6) is 0 Å². The van der Waals surface area contributed by atoms with Gasteiger partial charge < -0.3 is 21.1 Å². The van der Waals surface area contributed by atoms with Gasteiger partial charge in [0.05, 0.1) is 18.4 Å². The maximum Gasteiger partial charge on any atom is 0.238 e. The Morgan fingerprint density at radius 1 is 1.28 bits per heavy atom. The monoisotopic (exact) mass is 441 g/mol. The number of hydrogen-bond donors (Lipinski definition) is 3. The largest absolute Gasteiger partial charge is 0.381 e. The third-order valence-electron chi connectivity index (χ3n) is 7.22. The van der Waals surface area contributed by atoms with E-state index in [4.69, 9.17) is 10.5 Å². The Balaban J connectivity index is 1.17. The number of aromatic nitrogens is 2. The summed E-state index contributed by atoms with van der Waals surface area (Å²) in [6, 6.07) is 5.46. The van der Waals surface area contributed by atoms with Crippen LogP contribution in [0.25, 0.3) is 11.1 Å². The van der Waals surface area contributed by atoms with Crippen molar-refractivity contribution in [3.05, 3.63) is 42.0 Å². The Kier molecular flexibility index (Phi) is 6.26. The zero-order valence-electron chi connectivity index (χ0n) is 18.3. The molecule has 0 spiro atoms. The number of ether oxygens (including phenoxy) is 1. The van der Waals surface area contributed by atoms with Crippen molar-refractivity contribution in [1.29, 1.82) is 0 Å². The van der Waals surface area contributed by atoms with E-state index in [2.05, 4.69) is 15.7 Å². The number of hydrogen-bond acceptors (Lipinski definition) is 5. The zero-order chi connectivity index (χ0) is 22.1. The minimum atomic E-state index is -0.619. The third-order valence-corrected chi connectivity index (χ3v) is 7.22. The van der Waals surface area contributed by atoms with Crippen molar-refractivity contribution in [2.75, 3.05) is 13.2 Å². The molecule has 2 aromatic rings. The van der Waals surface area contributed by atoms with Gasteiger partial charge in [0.2, 0.25) is 5.91 Å². The van der Waals surface area contributed by atoms with Crippen molar-refractivity contribution >= 4 is 5.91 Å². The summed E-state index contributed by atoms with van der Waals surface area (Å²) in [5.41, 5.74) is 8.31. The van der Waals surface area contributed by atoms with E-state index >= 15 is 0 Å². The lowest BCUT2D eigenvalue weighted by Crippen LogP contribution is -2.53. The smallest absolute Gasteiger partial charge is 0.238 e. The molecule has 7 nitrogen and oxygen atoms in total. The molecule has 4 atom stereocenters. The number of nitrogens with one attached hydrogen (secondary N) is 2. The van der Waals surface area contributed by atoms with Crippen LogP contribution >= 0.6 is 0 Å². The second-order valence-corrected chi connectivity index (χ2v) is 9.55. The van der Waals surface area contributed by atoms with E-state index in [1.54, 1.807) is 12.3 Å². The summed E-state index contributed by atoms with van der Waals surface area (Å²) in [5, 5.41) is 10.7. The topological polar surface area (TPSA) is 94.2 Å². The molecule has 1 aromatic carbocycles. The minimum absolute atomic E-state index is 0.0707. The van der Waals surface area contributed by atoms with Gasteiger partial charge in [-0.1, -0.05) is 12.1 Å². The van der Waals surface area contributed by atoms with Gasteiger partial charge in [0.15, 0.2) is 0 Å². The molecule has 172 valence electrons. The molecule has 2 saturated heterocycles. The summed E-state index contributed by atoms with van der Waals surface area (Å²) < 4.78 is 22.2. The van der Waals surface area contributed by atoms with Crippen molar-refractivity contribution in [2.24, 2.45) is 17.6 Å². The molecule has 32 heavy (non-hydrogen) atoms. The van der Waals surface area contributed by atoms with Crippen LogP contribution < -0.4 is 16.4 Å². The first-order chi connectivity index (χ1) is 15.5. The Hall–Kier alpha value is -2.29. The minimum Gasteiger partial charge on any atom is -0.381 e. The van der Waals surface area contributed by atoms with Gasteiger partial charge in [0.1, 0.15) is 5.82 Å². The van der Waals surface area contributed by atoms with Gasteiger partial charge in [-0.25, -0.2) is 4.39 Å². The van der Waals surface area contributed by atoms with Crippen molar-refractivity contribution in [3.63, 3.8) is 0 Å². The highest BCUT2D eigenvalue weighted by Gasteiger charge is 2.42. The van der Waals surface area contributed by atoms with Gasteiger partial charge >= 0.3 is 0 Å². The quantitative estimate of drug-likeness (QED) is 0.573. The number of benzene rings is 1. The Morgan fingerprint density at radius 2 is 2.12 bits per heavy atom. The molecule has 1 amide bonds. The average Bonchev–Trinajstić information content (AvgIpc) is 3.53. The molecule has 1 aromatic heterocycles. The van der Waals surface area contributed by atoms with Crippen LogP contribution in [0.2, 0.25) is 0 Å². The highest BCUT2D eigenvalue weighted by Crippen LogP contribution is 2.35. The van der Waals surface area contributed by atoms with E-state index in [1.807, 2.05) is 16.9 Å². The van der Waals surface area contributed by atoms with Crippen LogP contribution in [-0.4, -0.2) is 47.2 Å². The van der Waals surface area contributed by atoms with Gasteiger partial charge in [-0.2, -0.15) is 5.10 Å². The Labute approximate surface area is 187 Å². The molecular weight excluding hydrogens is 409 g/mol. The fraction of sp³-hybridized carbons (Fsp3) is 0.583. The molecule has 8 heteroatoms. The summed E-state index contributed by atoms with van der Waals surface area (Å²) in [6.45, 7) is 2.48. The summed E-state index contributed by atoms with van der Waals surface area (Å²) >= 11 is 0. The standard InChI is InChI=1S/C24H32FN5O2/c25-21-10-16(19-12-27-30(14-19)13-15-5-7-32-8-6-15)1-2-17(21)11-22(26)29-24(31)23-18-3-4-20(9-18)28-23/h1-2,10,12,14-15,18,20,22-23,28H,3-9,11,13,26H2,(H,29,31)/t18-,20+,22-,23-/m0/s1. The lowest BCUT2D eigenvalue weighted by atomic mass is 9.99. The summed E-state index contributed by atoms with van der Waals surface area (Å²) in [7, 11) is 0. The lowest BCUT2D eigenvalue weighted by Gasteiger charge is -2.24. The van der Waals surface area contributed by atoms with Gasteiger partial charge in [0.25, 0.3) is 0 Å². The molecule has 0 unspecified atom stereocenters. The van der Waals surface area contributed by atoms with Crippen LogP contribution in [0.3, 0.4) is 0 Å². The summed E-state index contributed by atoms with van der Waals surface area (Å²) in [4.78, 5) is 12.5. The van der Waals surface area contributed by atoms with Gasteiger partial charge in [-0.05, 0) is 61.1 Å². The van der Waals surface area contributed by atoms with Crippen molar-refractivity contribution in [3.8, 4) is 11.1 Å². The van der Waals surface area contributed by atoms with E-state index in [1.165, 1.54) is 6.07 Å². The highest BCUT2D eigenvalue weighted by atomic mass is 19.1. The molecule has 2 aliphatic heterocycles. The molecule has 3 fully saturated rings. The number of halogens is 1. The zero-order valence-corrected chi connectivity index (χ0v) is 18.3. The molecular formula is C24H32FN5O2. The number of carbonyl (C=O) groups is 1. The lowest BCUT2D eigenvalue weighted by molar-refractivity contribution is -0.124. The van der Waals surface area contributed by atoms with Crippen LogP contribution in [0.15, 0.2) is 30.6 Å². The molecule has 4 N–H and O–H groups in total. The van der Waals surface area contributed by atoms with E-state index in [0.29, 0.717) is 23.4 Å². The summed E-state index contributed by atoms with van der Waals surface area (Å²) in [5.74, 6) is 0.582. The van der Waals surface area contributed by atoms with Crippen molar-refractivity contribution in [2.45, 2.75) is 63.3 Å². The fourth-order valence-electron chi connectivity index (χ4n) is 5.41. The number of amides is 1. The van der Waals surface area contributed by atoms with E-state index in [-0.39, 0.29) is 24.2 Å². The number of fused-ring (bicyclic) bond motifs is 2. The van der Waals surface area contributed by atoms with Crippen LogP contribution in [-0.2, 0) is 22.5 Å². The normalized spacial score (nSPS) is 26.4. The number of nitrogens with zero attached hydrogens (tertiary/aromatic N) is 2. The van der Waals surface area contributed by atoms with Crippen LogP contribution in [0, 0.1) is 17.7 Å². The maximum atomic E-state index is 14.8. The van der Waals surface area contributed by atoms with Gasteiger partial charge in [-0.15, -0.1) is 0 Å². The summed E-state index contributed by atoms with van der Waals surface area (Å²) in [6.07, 6.45) is 8.78. The third kappa shape index (κ3) is 4.72. The van der Waals surface area contributed by atoms with Crippen LogP contribution in [0.4, 0.5) is 4.39 Å². The molecule has 1 saturated carbocycles. The number of rotatable bonds is 7. The molecule has 0 radical (unpaired) electrons.